The van der Waals surface area contributed by atoms with E-state index in [0.717, 1.165) is 19.3 Å². The van der Waals surface area contributed by atoms with E-state index >= 15 is 0 Å². The van der Waals surface area contributed by atoms with Gasteiger partial charge in [-0.25, -0.2) is 0 Å². The van der Waals surface area contributed by atoms with E-state index in [0.29, 0.717) is 43.3 Å². The van der Waals surface area contributed by atoms with Crippen LogP contribution in [0, 0.1) is 0 Å². The van der Waals surface area contributed by atoms with Crippen LogP contribution >= 0.6 is 11.6 Å². The molecule has 1 atom stereocenters. The Labute approximate surface area is 183 Å². The molecule has 0 unspecified atom stereocenters. The van der Waals surface area contributed by atoms with Gasteiger partial charge in [0.05, 0.1) is 12.6 Å². The highest BCUT2D eigenvalue weighted by molar-refractivity contribution is 6.30. The predicted octanol–water partition coefficient (Wildman–Crippen LogP) is 3.63. The number of hydrogen-bond donors (Lipinski definition) is 0. The van der Waals surface area contributed by atoms with E-state index in [-0.39, 0.29) is 17.9 Å². The highest BCUT2D eigenvalue weighted by atomic mass is 35.5. The number of carbonyl (C=O) groups is 2. The molecule has 0 bridgehead atoms. The Balaban J connectivity index is 1.31. The highest BCUT2D eigenvalue weighted by Crippen LogP contribution is 2.33. The van der Waals surface area contributed by atoms with Crippen molar-refractivity contribution in [3.63, 3.8) is 0 Å². The van der Waals surface area contributed by atoms with Crippen molar-refractivity contribution < 1.29 is 9.59 Å². The molecule has 30 heavy (non-hydrogen) atoms. The van der Waals surface area contributed by atoms with E-state index in [2.05, 4.69) is 29.2 Å². The van der Waals surface area contributed by atoms with Crippen LogP contribution in [0.15, 0.2) is 48.5 Å². The van der Waals surface area contributed by atoms with Crippen LogP contribution in [0.25, 0.3) is 0 Å². The summed E-state index contributed by atoms with van der Waals surface area (Å²) in [4.78, 5) is 31.6. The van der Waals surface area contributed by atoms with Gasteiger partial charge < -0.3 is 9.80 Å². The fraction of sp³-hybridized carbons (Fsp3) is 0.417. The highest BCUT2D eigenvalue weighted by Gasteiger charge is 2.29. The minimum absolute atomic E-state index is 0.0218. The van der Waals surface area contributed by atoms with Crippen LogP contribution in [-0.2, 0) is 11.2 Å². The molecule has 1 fully saturated rings. The van der Waals surface area contributed by atoms with Crippen molar-refractivity contribution in [3.8, 4) is 0 Å². The Morgan fingerprint density at radius 2 is 1.73 bits per heavy atom. The number of benzene rings is 2. The lowest BCUT2D eigenvalue weighted by Gasteiger charge is -2.37. The molecule has 0 N–H and O–H groups in total. The van der Waals surface area contributed by atoms with Crippen LogP contribution < -0.4 is 0 Å². The zero-order chi connectivity index (χ0) is 21.1. The summed E-state index contributed by atoms with van der Waals surface area (Å²) in [7, 11) is 1.93. The van der Waals surface area contributed by atoms with E-state index in [4.69, 9.17) is 11.6 Å². The summed E-state index contributed by atoms with van der Waals surface area (Å²) in [5, 5.41) is 0.625. The summed E-state index contributed by atoms with van der Waals surface area (Å²) in [6.07, 6.45) is 3.23. The zero-order valence-electron chi connectivity index (χ0n) is 17.4. The first kappa shape index (κ1) is 20.9. The second kappa shape index (κ2) is 9.19. The molecule has 1 heterocycles. The van der Waals surface area contributed by atoms with Gasteiger partial charge in [-0.1, -0.05) is 35.9 Å². The lowest BCUT2D eigenvalue weighted by Crippen LogP contribution is -2.51. The van der Waals surface area contributed by atoms with Crippen molar-refractivity contribution in [2.45, 2.75) is 25.3 Å². The number of piperazine rings is 1. The Kier molecular flexibility index (Phi) is 6.40. The minimum atomic E-state index is 0.0218. The standard InChI is InChI=1S/C24H28ClN3O2/c1-26(22-8-4-6-18-5-2-3-7-21(18)22)23(29)17-27-13-15-28(16-14-27)24(30)19-9-11-20(25)12-10-19/h2-3,5,7,9-12,22H,4,6,8,13-17H2,1H3/t22-/m0/s1. The number of aryl methyl sites for hydroxylation is 1. The lowest BCUT2D eigenvalue weighted by atomic mass is 9.87. The summed E-state index contributed by atoms with van der Waals surface area (Å²) in [5.41, 5.74) is 3.31. The maximum atomic E-state index is 13.0. The van der Waals surface area contributed by atoms with Crippen LogP contribution in [0.1, 0.15) is 40.4 Å². The van der Waals surface area contributed by atoms with Gasteiger partial charge in [0.2, 0.25) is 5.91 Å². The topological polar surface area (TPSA) is 43.9 Å². The van der Waals surface area contributed by atoms with E-state index in [1.54, 1.807) is 24.3 Å². The fourth-order valence-corrected chi connectivity index (χ4v) is 4.62. The number of hydrogen-bond acceptors (Lipinski definition) is 3. The van der Waals surface area contributed by atoms with Gasteiger partial charge in [-0.3, -0.25) is 14.5 Å². The van der Waals surface area contributed by atoms with Crippen molar-refractivity contribution in [3.05, 3.63) is 70.2 Å². The van der Waals surface area contributed by atoms with Crippen molar-refractivity contribution in [1.82, 2.24) is 14.7 Å². The van der Waals surface area contributed by atoms with Crippen LogP contribution in [0.5, 0.6) is 0 Å². The Bertz CT molecular complexity index is 907. The van der Waals surface area contributed by atoms with Crippen LogP contribution in [0.4, 0.5) is 0 Å². The number of nitrogens with zero attached hydrogens (tertiary/aromatic N) is 3. The number of likely N-dealkylation sites (N-methyl/N-ethyl adjacent to an activating group) is 1. The Morgan fingerprint density at radius 3 is 2.47 bits per heavy atom. The summed E-state index contributed by atoms with van der Waals surface area (Å²) >= 11 is 5.91. The van der Waals surface area contributed by atoms with Crippen molar-refractivity contribution in [2.75, 3.05) is 39.8 Å². The molecule has 0 radical (unpaired) electrons. The number of rotatable bonds is 4. The Morgan fingerprint density at radius 1 is 1.03 bits per heavy atom. The monoisotopic (exact) mass is 425 g/mol. The Hall–Kier alpha value is -2.37. The van der Waals surface area contributed by atoms with Crippen molar-refractivity contribution in [2.24, 2.45) is 0 Å². The summed E-state index contributed by atoms with van der Waals surface area (Å²) < 4.78 is 0. The van der Waals surface area contributed by atoms with Crippen LogP contribution in [0.2, 0.25) is 5.02 Å². The molecule has 2 aliphatic rings. The maximum absolute atomic E-state index is 13.0. The molecule has 1 aliphatic heterocycles. The largest absolute Gasteiger partial charge is 0.338 e. The first-order valence-electron chi connectivity index (χ1n) is 10.6. The van der Waals surface area contributed by atoms with Gasteiger partial charge in [0, 0.05) is 43.8 Å². The number of halogens is 1. The van der Waals surface area contributed by atoms with E-state index in [1.165, 1.54) is 11.1 Å². The van der Waals surface area contributed by atoms with Crippen LogP contribution in [0.3, 0.4) is 0 Å². The molecule has 0 aromatic heterocycles. The van der Waals surface area contributed by atoms with Gasteiger partial charge in [0.15, 0.2) is 0 Å². The molecule has 0 saturated carbocycles. The van der Waals surface area contributed by atoms with E-state index in [1.807, 2.05) is 16.8 Å². The summed E-state index contributed by atoms with van der Waals surface area (Å²) in [6.45, 7) is 3.08. The van der Waals surface area contributed by atoms with Crippen LogP contribution in [-0.4, -0.2) is 66.3 Å². The molecule has 2 aromatic rings. The molecule has 4 rings (SSSR count). The quantitative estimate of drug-likeness (QED) is 0.751. The van der Waals surface area contributed by atoms with Gasteiger partial charge in [-0.15, -0.1) is 0 Å². The first-order chi connectivity index (χ1) is 14.5. The van der Waals surface area contributed by atoms with Crippen molar-refractivity contribution >= 4 is 23.4 Å². The zero-order valence-corrected chi connectivity index (χ0v) is 18.1. The molecule has 158 valence electrons. The molecule has 6 heteroatoms. The van der Waals surface area contributed by atoms with Gasteiger partial charge in [-0.2, -0.15) is 0 Å². The fourth-order valence-electron chi connectivity index (χ4n) is 4.49. The van der Waals surface area contributed by atoms with Crippen molar-refractivity contribution in [1.29, 1.82) is 0 Å². The molecular weight excluding hydrogens is 398 g/mol. The average molecular weight is 426 g/mol. The number of amides is 2. The second-order valence-electron chi connectivity index (χ2n) is 8.19. The smallest absolute Gasteiger partial charge is 0.253 e. The SMILES string of the molecule is CN(C(=O)CN1CCN(C(=O)c2ccc(Cl)cc2)CC1)[C@H]1CCCc2ccccc21. The second-order valence-corrected chi connectivity index (χ2v) is 8.62. The minimum Gasteiger partial charge on any atom is -0.338 e. The van der Waals surface area contributed by atoms with Gasteiger partial charge in [-0.05, 0) is 54.7 Å². The molecule has 5 nitrogen and oxygen atoms in total. The molecule has 1 aliphatic carbocycles. The third-order valence-electron chi connectivity index (χ3n) is 6.31. The normalized spacial score (nSPS) is 19.3. The lowest BCUT2D eigenvalue weighted by molar-refractivity contribution is -0.134. The predicted molar refractivity (Wildman–Crippen MR) is 119 cm³/mol. The summed E-state index contributed by atoms with van der Waals surface area (Å²) in [5.74, 6) is 0.169. The molecular formula is C24H28ClN3O2. The van der Waals surface area contributed by atoms with Gasteiger partial charge >= 0.3 is 0 Å². The van der Waals surface area contributed by atoms with Gasteiger partial charge in [0.1, 0.15) is 0 Å². The molecule has 1 saturated heterocycles. The molecule has 2 amide bonds. The number of fused-ring (bicyclic) bond motifs is 1. The maximum Gasteiger partial charge on any atom is 0.253 e. The third-order valence-corrected chi connectivity index (χ3v) is 6.56. The van der Waals surface area contributed by atoms with E-state index in [9.17, 15) is 9.59 Å². The summed E-state index contributed by atoms with van der Waals surface area (Å²) in [6, 6.07) is 15.6. The number of carbonyl (C=O) groups excluding carboxylic acids is 2. The average Bonchev–Trinajstić information content (AvgIpc) is 2.78. The molecule has 0 spiro atoms. The first-order valence-corrected chi connectivity index (χ1v) is 11.0. The third kappa shape index (κ3) is 4.52. The van der Waals surface area contributed by atoms with Gasteiger partial charge in [0.25, 0.3) is 5.91 Å². The van der Waals surface area contributed by atoms with E-state index < -0.39 is 0 Å². The molecule has 2 aromatic carbocycles.